The van der Waals surface area contributed by atoms with Gasteiger partial charge in [0.15, 0.2) is 5.78 Å². The number of benzene rings is 2. The van der Waals surface area contributed by atoms with Crippen molar-refractivity contribution in [2.75, 3.05) is 12.4 Å². The van der Waals surface area contributed by atoms with E-state index in [9.17, 15) is 13.6 Å². The van der Waals surface area contributed by atoms with Crippen LogP contribution in [-0.2, 0) is 4.79 Å². The predicted octanol–water partition coefficient (Wildman–Crippen LogP) is 3.98. The van der Waals surface area contributed by atoms with E-state index in [1.54, 1.807) is 7.11 Å². The van der Waals surface area contributed by atoms with Crippen LogP contribution in [0.4, 0.5) is 14.7 Å². The molecule has 30 heavy (non-hydrogen) atoms. The van der Waals surface area contributed by atoms with Crippen LogP contribution in [0.3, 0.4) is 0 Å². The van der Waals surface area contributed by atoms with Crippen molar-refractivity contribution in [2.24, 2.45) is 0 Å². The number of para-hydroxylation sites is 1. The van der Waals surface area contributed by atoms with E-state index in [1.807, 2.05) is 24.3 Å². The number of aromatic nitrogens is 3. The molecule has 1 N–H and O–H groups in total. The number of fused-ring (bicyclic) bond motifs is 1. The number of rotatable bonds is 3. The number of carbonyl (C=O) groups is 1. The fourth-order valence-electron chi connectivity index (χ4n) is 4.42. The van der Waals surface area contributed by atoms with E-state index < -0.39 is 17.7 Å². The first-order chi connectivity index (χ1) is 14.5. The number of ketones is 1. The minimum absolute atomic E-state index is 0.0840. The second kappa shape index (κ2) is 7.05. The summed E-state index contributed by atoms with van der Waals surface area (Å²) in [4.78, 5) is 17.5. The van der Waals surface area contributed by atoms with E-state index in [-0.39, 0.29) is 18.1 Å². The highest BCUT2D eigenvalue weighted by Gasteiger charge is 2.40. The van der Waals surface area contributed by atoms with Crippen LogP contribution >= 0.6 is 0 Å². The average Bonchev–Trinajstić information content (AvgIpc) is 3.19. The zero-order valence-corrected chi connectivity index (χ0v) is 16.1. The van der Waals surface area contributed by atoms with Crippen LogP contribution in [0.5, 0.6) is 5.75 Å². The van der Waals surface area contributed by atoms with E-state index >= 15 is 0 Å². The molecule has 3 aromatic rings. The molecule has 1 aliphatic carbocycles. The second-order valence-corrected chi connectivity index (χ2v) is 7.42. The number of nitrogens with one attached hydrogen (secondary N) is 1. The third kappa shape index (κ3) is 2.96. The number of hydrogen-bond acceptors (Lipinski definition) is 5. The SMILES string of the molecule is COc1ccccc1C1CC(=O)C2=C(C1)Nc1ncnn1C2c1cc(F)cc(F)c1. The standard InChI is InChI=1S/C22H18F2N4O2/c1-30-19-5-3-2-4-16(19)12-8-17-20(18(29)9-12)21(28-22(27-17)25-11-26-28)13-6-14(23)10-15(24)7-13/h2-7,10-12,21H,8-9H2,1H3,(H,25,26,27). The Labute approximate surface area is 171 Å². The molecule has 152 valence electrons. The number of halogens is 2. The normalized spacial score (nSPS) is 20.4. The van der Waals surface area contributed by atoms with Crippen LogP contribution in [-0.4, -0.2) is 27.7 Å². The van der Waals surface area contributed by atoms with Crippen molar-refractivity contribution in [3.8, 4) is 5.75 Å². The van der Waals surface area contributed by atoms with Crippen LogP contribution < -0.4 is 10.1 Å². The summed E-state index contributed by atoms with van der Waals surface area (Å²) in [5, 5.41) is 7.39. The lowest BCUT2D eigenvalue weighted by molar-refractivity contribution is -0.116. The highest BCUT2D eigenvalue weighted by Crippen LogP contribution is 2.45. The van der Waals surface area contributed by atoms with Gasteiger partial charge in [0.25, 0.3) is 0 Å². The van der Waals surface area contributed by atoms with Crippen molar-refractivity contribution < 1.29 is 18.3 Å². The van der Waals surface area contributed by atoms with Crippen molar-refractivity contribution in [3.05, 3.63) is 82.8 Å². The summed E-state index contributed by atoms with van der Waals surface area (Å²) in [5.41, 5.74) is 2.42. The summed E-state index contributed by atoms with van der Waals surface area (Å²) < 4.78 is 34.9. The van der Waals surface area contributed by atoms with Crippen molar-refractivity contribution >= 4 is 11.7 Å². The van der Waals surface area contributed by atoms with Gasteiger partial charge in [-0.1, -0.05) is 18.2 Å². The Morgan fingerprint density at radius 1 is 1.13 bits per heavy atom. The number of nitrogens with zero attached hydrogens (tertiary/aromatic N) is 3. The van der Waals surface area contributed by atoms with Gasteiger partial charge >= 0.3 is 0 Å². The molecule has 1 aromatic heterocycles. The lowest BCUT2D eigenvalue weighted by Crippen LogP contribution is -2.33. The van der Waals surface area contributed by atoms with E-state index in [0.717, 1.165) is 17.4 Å². The molecule has 2 aliphatic rings. The van der Waals surface area contributed by atoms with Gasteiger partial charge in [-0.2, -0.15) is 10.1 Å². The van der Waals surface area contributed by atoms with E-state index in [1.165, 1.54) is 23.1 Å². The van der Waals surface area contributed by atoms with E-state index in [4.69, 9.17) is 4.74 Å². The molecule has 5 rings (SSSR count). The zero-order valence-electron chi connectivity index (χ0n) is 16.1. The molecule has 2 unspecified atom stereocenters. The van der Waals surface area contributed by atoms with Gasteiger partial charge < -0.3 is 10.1 Å². The topological polar surface area (TPSA) is 69.0 Å². The highest BCUT2D eigenvalue weighted by molar-refractivity contribution is 6.00. The Hall–Kier alpha value is -3.55. The first kappa shape index (κ1) is 18.5. The molecule has 0 fully saturated rings. The maximum absolute atomic E-state index is 14.0. The fraction of sp³-hybridized carbons (Fsp3) is 0.227. The Morgan fingerprint density at radius 3 is 2.67 bits per heavy atom. The summed E-state index contributed by atoms with van der Waals surface area (Å²) >= 11 is 0. The molecular formula is C22H18F2N4O2. The molecule has 1 aliphatic heterocycles. The zero-order chi connectivity index (χ0) is 20.8. The van der Waals surface area contributed by atoms with Crippen LogP contribution in [0.1, 0.15) is 35.9 Å². The van der Waals surface area contributed by atoms with Gasteiger partial charge in [-0.05, 0) is 35.7 Å². The van der Waals surface area contributed by atoms with Crippen molar-refractivity contribution in [1.82, 2.24) is 14.8 Å². The Kier molecular flexibility index (Phi) is 4.34. The van der Waals surface area contributed by atoms with Gasteiger partial charge in [-0.3, -0.25) is 4.79 Å². The van der Waals surface area contributed by atoms with Crippen molar-refractivity contribution in [1.29, 1.82) is 0 Å². The first-order valence-corrected chi connectivity index (χ1v) is 9.57. The molecular weight excluding hydrogens is 390 g/mol. The maximum atomic E-state index is 14.0. The van der Waals surface area contributed by atoms with Gasteiger partial charge in [-0.15, -0.1) is 0 Å². The summed E-state index contributed by atoms with van der Waals surface area (Å²) in [7, 11) is 1.60. The van der Waals surface area contributed by atoms with Gasteiger partial charge in [0.2, 0.25) is 5.95 Å². The molecule has 2 atom stereocenters. The highest BCUT2D eigenvalue weighted by atomic mass is 19.1. The Bertz CT molecular complexity index is 1170. The van der Waals surface area contributed by atoms with Crippen LogP contribution in [0.25, 0.3) is 0 Å². The smallest absolute Gasteiger partial charge is 0.226 e. The van der Waals surface area contributed by atoms with Gasteiger partial charge in [-0.25, -0.2) is 13.5 Å². The lowest BCUT2D eigenvalue weighted by Gasteiger charge is -2.35. The van der Waals surface area contributed by atoms with Crippen LogP contribution in [0.2, 0.25) is 0 Å². The van der Waals surface area contributed by atoms with Gasteiger partial charge in [0, 0.05) is 29.7 Å². The first-order valence-electron chi connectivity index (χ1n) is 9.57. The fourth-order valence-corrected chi connectivity index (χ4v) is 4.42. The molecule has 0 saturated heterocycles. The maximum Gasteiger partial charge on any atom is 0.226 e. The lowest BCUT2D eigenvalue weighted by atomic mass is 9.77. The number of carbonyl (C=O) groups excluding carboxylic acids is 1. The average molecular weight is 408 g/mol. The number of hydrogen-bond donors (Lipinski definition) is 1. The molecule has 8 heteroatoms. The molecule has 2 heterocycles. The summed E-state index contributed by atoms with van der Waals surface area (Å²) in [6.07, 6.45) is 2.16. The monoisotopic (exact) mass is 408 g/mol. The molecule has 0 saturated carbocycles. The molecule has 0 radical (unpaired) electrons. The van der Waals surface area contributed by atoms with Crippen molar-refractivity contribution in [2.45, 2.75) is 24.8 Å². The third-order valence-electron chi connectivity index (χ3n) is 5.64. The quantitative estimate of drug-likeness (QED) is 0.710. The number of methoxy groups -OCH3 is 1. The number of allylic oxidation sites excluding steroid dienone is 2. The Morgan fingerprint density at radius 2 is 1.90 bits per heavy atom. The predicted molar refractivity (Wildman–Crippen MR) is 105 cm³/mol. The van der Waals surface area contributed by atoms with E-state index in [0.29, 0.717) is 29.2 Å². The number of ether oxygens (including phenoxy) is 1. The third-order valence-corrected chi connectivity index (χ3v) is 5.64. The van der Waals surface area contributed by atoms with Crippen LogP contribution in [0, 0.1) is 11.6 Å². The Balaban J connectivity index is 1.62. The number of Topliss-reactive ketones (excluding diaryl/α,β-unsaturated/α-hetero) is 1. The van der Waals surface area contributed by atoms with Crippen molar-refractivity contribution in [3.63, 3.8) is 0 Å². The largest absolute Gasteiger partial charge is 0.496 e. The summed E-state index contributed by atoms with van der Waals surface area (Å²) in [6.45, 7) is 0. The summed E-state index contributed by atoms with van der Waals surface area (Å²) in [5.74, 6) is -0.446. The molecule has 0 spiro atoms. The van der Waals surface area contributed by atoms with Gasteiger partial charge in [0.1, 0.15) is 29.8 Å². The number of anilines is 1. The molecule has 0 amide bonds. The molecule has 2 aromatic carbocycles. The molecule has 0 bridgehead atoms. The minimum atomic E-state index is -0.741. The van der Waals surface area contributed by atoms with E-state index in [2.05, 4.69) is 15.4 Å². The molecule has 6 nitrogen and oxygen atoms in total. The summed E-state index contributed by atoms with van der Waals surface area (Å²) in [6, 6.07) is 10.1. The minimum Gasteiger partial charge on any atom is -0.496 e. The van der Waals surface area contributed by atoms with Crippen LogP contribution in [0.15, 0.2) is 60.1 Å². The second-order valence-electron chi connectivity index (χ2n) is 7.42. The van der Waals surface area contributed by atoms with Gasteiger partial charge in [0.05, 0.1) is 7.11 Å².